The summed E-state index contributed by atoms with van der Waals surface area (Å²) in [5.74, 6) is -4.43. The number of benzene rings is 1. The first kappa shape index (κ1) is 12.6. The van der Waals surface area contributed by atoms with Crippen LogP contribution in [0, 0.1) is 17.5 Å². The average molecular weight is 258 g/mol. The summed E-state index contributed by atoms with van der Waals surface area (Å²) in [7, 11) is 0. The lowest BCUT2D eigenvalue weighted by Gasteiger charge is -1.99. The summed E-state index contributed by atoms with van der Waals surface area (Å²) in [6.45, 7) is 1.71. The smallest absolute Gasteiger partial charge is 0.258 e. The molecular formula is C11H9F3N2O2. The van der Waals surface area contributed by atoms with Gasteiger partial charge in [-0.1, -0.05) is 12.1 Å². The Bertz CT molecular complexity index is 548. The maximum Gasteiger partial charge on any atom is 0.258 e. The van der Waals surface area contributed by atoms with Crippen molar-refractivity contribution >= 4 is 0 Å². The molecule has 0 radical (unpaired) electrons. The lowest BCUT2D eigenvalue weighted by Crippen LogP contribution is -1.97. The van der Waals surface area contributed by atoms with Crippen molar-refractivity contribution < 1.29 is 22.8 Å². The van der Waals surface area contributed by atoms with Gasteiger partial charge in [0.1, 0.15) is 6.10 Å². The molecule has 4 nitrogen and oxygen atoms in total. The van der Waals surface area contributed by atoms with E-state index in [9.17, 15) is 18.3 Å². The van der Waals surface area contributed by atoms with Gasteiger partial charge < -0.3 is 9.63 Å². The number of nitrogens with zero attached hydrogens (tertiary/aromatic N) is 2. The first-order chi connectivity index (χ1) is 8.52. The summed E-state index contributed by atoms with van der Waals surface area (Å²) in [4.78, 5) is 3.78. The first-order valence-electron chi connectivity index (χ1n) is 5.19. The summed E-state index contributed by atoms with van der Waals surface area (Å²) in [6, 6.07) is 1.49. The largest absolute Gasteiger partial charge is 0.385 e. The van der Waals surface area contributed by atoms with E-state index in [1.165, 1.54) is 0 Å². The zero-order chi connectivity index (χ0) is 13.3. The van der Waals surface area contributed by atoms with Crippen LogP contribution in [0.3, 0.4) is 0 Å². The molecule has 2 rings (SSSR count). The molecule has 18 heavy (non-hydrogen) atoms. The molecule has 0 bridgehead atoms. The average Bonchev–Trinajstić information content (AvgIpc) is 2.84. The van der Waals surface area contributed by atoms with E-state index in [1.54, 1.807) is 6.92 Å². The molecule has 7 heteroatoms. The Morgan fingerprint density at radius 2 is 1.89 bits per heavy atom. The third kappa shape index (κ3) is 2.21. The van der Waals surface area contributed by atoms with E-state index in [2.05, 4.69) is 10.1 Å². The predicted octanol–water partition coefficient (Wildman–Crippen LogP) is 2.60. The standard InChI is InChI=1S/C11H9F3N2O2/c1-2-8(17)10-15-11(18-16-10)5-3-6(12)9(14)7(13)4-5/h3-4,8,17H,2H2,1H3. The fourth-order valence-electron chi connectivity index (χ4n) is 1.35. The Kier molecular flexibility index (Phi) is 3.33. The number of hydrogen-bond donors (Lipinski definition) is 1. The van der Waals surface area contributed by atoms with E-state index < -0.39 is 23.6 Å². The Morgan fingerprint density at radius 3 is 2.44 bits per heavy atom. The fraction of sp³-hybridized carbons (Fsp3) is 0.273. The molecule has 1 N–H and O–H groups in total. The van der Waals surface area contributed by atoms with E-state index in [0.29, 0.717) is 6.42 Å². The van der Waals surface area contributed by atoms with Gasteiger partial charge in [-0.25, -0.2) is 13.2 Å². The van der Waals surface area contributed by atoms with Crippen molar-refractivity contribution in [3.8, 4) is 11.5 Å². The summed E-state index contributed by atoms with van der Waals surface area (Å²) in [5.41, 5.74) is -0.0894. The summed E-state index contributed by atoms with van der Waals surface area (Å²) >= 11 is 0. The number of aliphatic hydroxyl groups is 1. The van der Waals surface area contributed by atoms with Crippen LogP contribution in [0.5, 0.6) is 0 Å². The SMILES string of the molecule is CCC(O)c1noc(-c2cc(F)c(F)c(F)c2)n1. The summed E-state index contributed by atoms with van der Waals surface area (Å²) in [6.07, 6.45) is -0.553. The van der Waals surface area contributed by atoms with Crippen LogP contribution in [0.4, 0.5) is 13.2 Å². The molecule has 2 aromatic rings. The van der Waals surface area contributed by atoms with Gasteiger partial charge in [0.05, 0.1) is 0 Å². The fourth-order valence-corrected chi connectivity index (χ4v) is 1.35. The number of halogens is 3. The van der Waals surface area contributed by atoms with E-state index in [4.69, 9.17) is 4.52 Å². The van der Waals surface area contributed by atoms with E-state index >= 15 is 0 Å². The third-order valence-electron chi connectivity index (χ3n) is 2.36. The molecule has 0 aliphatic carbocycles. The monoisotopic (exact) mass is 258 g/mol. The molecule has 0 aliphatic rings. The normalized spacial score (nSPS) is 12.7. The Balaban J connectivity index is 2.40. The topological polar surface area (TPSA) is 59.2 Å². The quantitative estimate of drug-likeness (QED) is 0.859. The number of aromatic nitrogens is 2. The number of rotatable bonds is 3. The molecule has 0 saturated heterocycles. The van der Waals surface area contributed by atoms with Crippen molar-refractivity contribution in [3.05, 3.63) is 35.4 Å². The maximum atomic E-state index is 13.0. The molecule has 1 atom stereocenters. The highest BCUT2D eigenvalue weighted by atomic mass is 19.2. The molecule has 0 amide bonds. The lowest BCUT2D eigenvalue weighted by molar-refractivity contribution is 0.159. The molecule has 1 unspecified atom stereocenters. The van der Waals surface area contributed by atoms with Crippen LogP contribution in [0.1, 0.15) is 25.3 Å². The third-order valence-corrected chi connectivity index (χ3v) is 2.36. The molecular weight excluding hydrogens is 249 g/mol. The Hall–Kier alpha value is -1.89. The summed E-state index contributed by atoms with van der Waals surface area (Å²) in [5, 5.41) is 12.9. The maximum absolute atomic E-state index is 13.0. The van der Waals surface area contributed by atoms with Crippen LogP contribution in [0.25, 0.3) is 11.5 Å². The lowest BCUT2D eigenvalue weighted by atomic mass is 10.2. The van der Waals surface area contributed by atoms with Gasteiger partial charge in [0, 0.05) is 5.56 Å². The highest BCUT2D eigenvalue weighted by Gasteiger charge is 2.18. The van der Waals surface area contributed by atoms with Gasteiger partial charge in [-0.3, -0.25) is 0 Å². The molecule has 1 aromatic heterocycles. The molecule has 0 saturated carbocycles. The van der Waals surface area contributed by atoms with Gasteiger partial charge >= 0.3 is 0 Å². The Labute approximate surface area is 100 Å². The van der Waals surface area contributed by atoms with Gasteiger partial charge in [0.15, 0.2) is 17.5 Å². The molecule has 0 spiro atoms. The van der Waals surface area contributed by atoms with Gasteiger partial charge in [0.2, 0.25) is 5.82 Å². The van der Waals surface area contributed by atoms with Crippen LogP contribution in [-0.4, -0.2) is 15.2 Å². The molecule has 0 fully saturated rings. The minimum absolute atomic E-state index is 0.0117. The van der Waals surface area contributed by atoms with Crippen LogP contribution < -0.4 is 0 Å². The van der Waals surface area contributed by atoms with Crippen LogP contribution in [0.2, 0.25) is 0 Å². The minimum atomic E-state index is -1.56. The van der Waals surface area contributed by atoms with Crippen molar-refractivity contribution in [2.45, 2.75) is 19.4 Å². The van der Waals surface area contributed by atoms with Crippen molar-refractivity contribution in [1.29, 1.82) is 0 Å². The second-order valence-corrected chi connectivity index (χ2v) is 3.64. The van der Waals surface area contributed by atoms with Gasteiger partial charge in [-0.15, -0.1) is 0 Å². The second kappa shape index (κ2) is 4.77. The van der Waals surface area contributed by atoms with Crippen molar-refractivity contribution in [3.63, 3.8) is 0 Å². The zero-order valence-electron chi connectivity index (χ0n) is 9.32. The highest BCUT2D eigenvalue weighted by Crippen LogP contribution is 2.24. The van der Waals surface area contributed by atoms with E-state index in [-0.39, 0.29) is 17.3 Å². The van der Waals surface area contributed by atoms with E-state index in [1.807, 2.05) is 0 Å². The van der Waals surface area contributed by atoms with Crippen LogP contribution in [-0.2, 0) is 0 Å². The van der Waals surface area contributed by atoms with Crippen molar-refractivity contribution in [2.24, 2.45) is 0 Å². The minimum Gasteiger partial charge on any atom is -0.385 e. The Morgan fingerprint density at radius 1 is 1.28 bits per heavy atom. The van der Waals surface area contributed by atoms with Crippen molar-refractivity contribution in [1.82, 2.24) is 10.1 Å². The van der Waals surface area contributed by atoms with Crippen LogP contribution in [0.15, 0.2) is 16.7 Å². The van der Waals surface area contributed by atoms with Crippen molar-refractivity contribution in [2.75, 3.05) is 0 Å². The second-order valence-electron chi connectivity index (χ2n) is 3.64. The molecule has 1 heterocycles. The highest BCUT2D eigenvalue weighted by molar-refractivity contribution is 5.53. The van der Waals surface area contributed by atoms with Crippen LogP contribution >= 0.6 is 0 Å². The molecule has 96 valence electrons. The summed E-state index contributed by atoms with van der Waals surface area (Å²) < 4.78 is 43.5. The van der Waals surface area contributed by atoms with Gasteiger partial charge in [-0.2, -0.15) is 4.98 Å². The first-order valence-corrected chi connectivity index (χ1v) is 5.19. The predicted molar refractivity (Wildman–Crippen MR) is 54.9 cm³/mol. The van der Waals surface area contributed by atoms with E-state index in [0.717, 1.165) is 12.1 Å². The molecule has 1 aromatic carbocycles. The van der Waals surface area contributed by atoms with Gasteiger partial charge in [-0.05, 0) is 18.6 Å². The number of aliphatic hydroxyl groups excluding tert-OH is 1. The zero-order valence-corrected chi connectivity index (χ0v) is 9.32. The van der Waals surface area contributed by atoms with Gasteiger partial charge in [0.25, 0.3) is 5.89 Å². The molecule has 0 aliphatic heterocycles. The number of hydrogen-bond acceptors (Lipinski definition) is 4.